The minimum absolute atomic E-state index is 0.0156. The van der Waals surface area contributed by atoms with Crippen LogP contribution in [0.25, 0.3) is 0 Å². The van der Waals surface area contributed by atoms with Crippen LogP contribution in [0, 0.1) is 0 Å². The fourth-order valence-electron chi connectivity index (χ4n) is 2.07. The molecule has 0 unspecified atom stereocenters. The molecule has 13 heavy (non-hydrogen) atoms. The minimum atomic E-state index is -0.515. The van der Waals surface area contributed by atoms with Crippen LogP contribution in [0.1, 0.15) is 32.6 Å². The fraction of sp³-hybridized carbons (Fsp3) is 1.00. The normalized spacial score (nSPS) is 30.0. The van der Waals surface area contributed by atoms with Crippen molar-refractivity contribution >= 4 is 0 Å². The highest BCUT2D eigenvalue weighted by atomic mass is 16.5. The Bertz CT molecular complexity index is 183. The van der Waals surface area contributed by atoms with Crippen molar-refractivity contribution < 1.29 is 9.84 Å². The summed E-state index contributed by atoms with van der Waals surface area (Å²) in [6.07, 6.45) is 4.12. The van der Waals surface area contributed by atoms with Gasteiger partial charge in [-0.1, -0.05) is 12.8 Å². The predicted octanol–water partition coefficient (Wildman–Crippen LogP) is 0.670. The SMILES string of the molecule is CC1(OCC2(O)CCCC2)CNC1. The van der Waals surface area contributed by atoms with Crippen molar-refractivity contribution in [1.29, 1.82) is 0 Å². The van der Waals surface area contributed by atoms with Crippen molar-refractivity contribution in [3.63, 3.8) is 0 Å². The highest BCUT2D eigenvalue weighted by Crippen LogP contribution is 2.31. The van der Waals surface area contributed by atoms with Gasteiger partial charge in [0, 0.05) is 13.1 Å². The Hall–Kier alpha value is -0.120. The topological polar surface area (TPSA) is 41.5 Å². The summed E-state index contributed by atoms with van der Waals surface area (Å²) in [6, 6.07) is 0. The van der Waals surface area contributed by atoms with Gasteiger partial charge in [0.25, 0.3) is 0 Å². The van der Waals surface area contributed by atoms with Gasteiger partial charge < -0.3 is 15.2 Å². The molecule has 0 radical (unpaired) electrons. The molecule has 1 aliphatic heterocycles. The molecule has 0 aromatic heterocycles. The van der Waals surface area contributed by atoms with Crippen molar-refractivity contribution in [2.24, 2.45) is 0 Å². The summed E-state index contributed by atoms with van der Waals surface area (Å²) in [6.45, 7) is 4.46. The van der Waals surface area contributed by atoms with Gasteiger partial charge in [-0.15, -0.1) is 0 Å². The number of aliphatic hydroxyl groups is 1. The first kappa shape index (κ1) is 9.44. The lowest BCUT2D eigenvalue weighted by Gasteiger charge is -2.41. The maximum Gasteiger partial charge on any atom is 0.0903 e. The van der Waals surface area contributed by atoms with Gasteiger partial charge in [0.1, 0.15) is 0 Å². The molecular weight excluding hydrogens is 166 g/mol. The van der Waals surface area contributed by atoms with Crippen LogP contribution >= 0.6 is 0 Å². The molecule has 0 aromatic carbocycles. The first-order valence-corrected chi connectivity index (χ1v) is 5.19. The van der Waals surface area contributed by atoms with E-state index in [2.05, 4.69) is 12.2 Å². The average molecular weight is 185 g/mol. The van der Waals surface area contributed by atoms with E-state index in [0.29, 0.717) is 6.61 Å². The highest BCUT2D eigenvalue weighted by molar-refractivity contribution is 4.92. The maximum atomic E-state index is 10.0. The first-order valence-electron chi connectivity index (χ1n) is 5.19. The Labute approximate surface area is 79.5 Å². The number of ether oxygens (including phenoxy) is 1. The number of hydrogen-bond acceptors (Lipinski definition) is 3. The molecule has 1 saturated heterocycles. The monoisotopic (exact) mass is 185 g/mol. The Kier molecular flexibility index (Phi) is 2.34. The van der Waals surface area contributed by atoms with Gasteiger partial charge >= 0.3 is 0 Å². The van der Waals surface area contributed by atoms with Crippen LogP contribution in [0.15, 0.2) is 0 Å². The molecular formula is C10H19NO2. The number of rotatable bonds is 3. The van der Waals surface area contributed by atoms with Gasteiger partial charge in [-0.3, -0.25) is 0 Å². The molecule has 3 heteroatoms. The quantitative estimate of drug-likeness (QED) is 0.679. The van der Waals surface area contributed by atoms with E-state index in [1.165, 1.54) is 0 Å². The van der Waals surface area contributed by atoms with Crippen LogP contribution in [0.4, 0.5) is 0 Å². The zero-order valence-electron chi connectivity index (χ0n) is 8.31. The van der Waals surface area contributed by atoms with Gasteiger partial charge in [-0.2, -0.15) is 0 Å². The molecule has 2 fully saturated rings. The first-order chi connectivity index (χ1) is 6.12. The average Bonchev–Trinajstić information content (AvgIpc) is 2.46. The molecule has 0 atom stereocenters. The summed E-state index contributed by atoms with van der Waals surface area (Å²) in [4.78, 5) is 0. The van der Waals surface area contributed by atoms with E-state index < -0.39 is 5.60 Å². The van der Waals surface area contributed by atoms with E-state index in [1.54, 1.807) is 0 Å². The zero-order valence-corrected chi connectivity index (χ0v) is 8.31. The third-order valence-corrected chi connectivity index (χ3v) is 3.22. The molecule has 2 N–H and O–H groups in total. The molecule has 76 valence electrons. The lowest BCUT2D eigenvalue weighted by atomic mass is 9.98. The van der Waals surface area contributed by atoms with Crippen LogP contribution < -0.4 is 5.32 Å². The van der Waals surface area contributed by atoms with Crippen molar-refractivity contribution in [2.75, 3.05) is 19.7 Å². The Morgan fingerprint density at radius 3 is 2.38 bits per heavy atom. The second-order valence-corrected chi connectivity index (χ2v) is 4.77. The van der Waals surface area contributed by atoms with E-state index in [0.717, 1.165) is 38.8 Å². The fourth-order valence-corrected chi connectivity index (χ4v) is 2.07. The predicted molar refractivity (Wildman–Crippen MR) is 50.6 cm³/mol. The largest absolute Gasteiger partial charge is 0.387 e. The molecule has 2 rings (SSSR count). The minimum Gasteiger partial charge on any atom is -0.387 e. The summed E-state index contributed by atoms with van der Waals surface area (Å²) in [7, 11) is 0. The van der Waals surface area contributed by atoms with E-state index in [-0.39, 0.29) is 5.60 Å². The summed E-state index contributed by atoms with van der Waals surface area (Å²) in [5, 5.41) is 13.2. The molecule has 0 aromatic rings. The Morgan fingerprint density at radius 2 is 1.92 bits per heavy atom. The summed E-state index contributed by atoms with van der Waals surface area (Å²) in [5.74, 6) is 0. The molecule has 1 heterocycles. The smallest absolute Gasteiger partial charge is 0.0903 e. The zero-order chi connectivity index (χ0) is 9.36. The van der Waals surface area contributed by atoms with Gasteiger partial charge in [-0.25, -0.2) is 0 Å². The van der Waals surface area contributed by atoms with Crippen molar-refractivity contribution in [3.05, 3.63) is 0 Å². The lowest BCUT2D eigenvalue weighted by molar-refractivity contribution is -0.128. The highest BCUT2D eigenvalue weighted by Gasteiger charge is 2.38. The van der Waals surface area contributed by atoms with Gasteiger partial charge in [0.15, 0.2) is 0 Å². The summed E-state index contributed by atoms with van der Waals surface area (Å²) in [5.41, 5.74) is -0.531. The third-order valence-electron chi connectivity index (χ3n) is 3.22. The van der Waals surface area contributed by atoms with Crippen LogP contribution in [0.5, 0.6) is 0 Å². The van der Waals surface area contributed by atoms with Crippen LogP contribution in [0.2, 0.25) is 0 Å². The maximum absolute atomic E-state index is 10.0. The van der Waals surface area contributed by atoms with E-state index in [1.807, 2.05) is 0 Å². The van der Waals surface area contributed by atoms with E-state index >= 15 is 0 Å². The standard InChI is InChI=1S/C10H19NO2/c1-9(6-11-7-9)13-8-10(12)4-2-3-5-10/h11-12H,2-8H2,1H3. The van der Waals surface area contributed by atoms with Gasteiger partial charge in [0.2, 0.25) is 0 Å². The molecule has 0 amide bonds. The molecule has 0 spiro atoms. The van der Waals surface area contributed by atoms with Crippen LogP contribution in [0.3, 0.4) is 0 Å². The van der Waals surface area contributed by atoms with E-state index in [9.17, 15) is 5.11 Å². The third kappa shape index (κ3) is 2.03. The Balaban J connectivity index is 1.77. The lowest BCUT2D eigenvalue weighted by Crippen LogP contribution is -2.60. The molecule has 2 aliphatic rings. The van der Waals surface area contributed by atoms with Crippen molar-refractivity contribution in [1.82, 2.24) is 5.32 Å². The molecule has 3 nitrogen and oxygen atoms in total. The summed E-state index contributed by atoms with van der Waals surface area (Å²) < 4.78 is 5.74. The molecule has 0 bridgehead atoms. The van der Waals surface area contributed by atoms with Gasteiger partial charge in [0.05, 0.1) is 17.8 Å². The van der Waals surface area contributed by atoms with E-state index in [4.69, 9.17) is 4.74 Å². The van der Waals surface area contributed by atoms with Crippen molar-refractivity contribution in [3.8, 4) is 0 Å². The second-order valence-electron chi connectivity index (χ2n) is 4.77. The summed E-state index contributed by atoms with van der Waals surface area (Å²) >= 11 is 0. The van der Waals surface area contributed by atoms with Crippen LogP contribution in [-0.4, -0.2) is 36.0 Å². The number of hydrogen-bond donors (Lipinski definition) is 2. The Morgan fingerprint density at radius 1 is 1.31 bits per heavy atom. The van der Waals surface area contributed by atoms with Gasteiger partial charge in [-0.05, 0) is 19.8 Å². The van der Waals surface area contributed by atoms with Crippen LogP contribution in [-0.2, 0) is 4.74 Å². The second kappa shape index (κ2) is 3.23. The molecule has 1 saturated carbocycles. The van der Waals surface area contributed by atoms with Crippen molar-refractivity contribution in [2.45, 2.75) is 43.8 Å². The number of nitrogens with one attached hydrogen (secondary N) is 1. The molecule has 1 aliphatic carbocycles.